The van der Waals surface area contributed by atoms with E-state index in [-0.39, 0.29) is 11.3 Å². The number of benzene rings is 1. The summed E-state index contributed by atoms with van der Waals surface area (Å²) in [5, 5.41) is 7.18. The predicted octanol–water partition coefficient (Wildman–Crippen LogP) is 2.73. The van der Waals surface area contributed by atoms with Crippen LogP contribution in [0, 0.1) is 5.92 Å². The highest BCUT2D eigenvalue weighted by Crippen LogP contribution is 2.31. The third kappa shape index (κ3) is 4.54. The molecule has 2 aromatic rings. The summed E-state index contributed by atoms with van der Waals surface area (Å²) in [5.74, 6) is 1.84. The molecule has 1 N–H and O–H groups in total. The molecule has 0 atom stereocenters. The van der Waals surface area contributed by atoms with E-state index >= 15 is 0 Å². The molecule has 1 aliphatic rings. The van der Waals surface area contributed by atoms with E-state index in [4.69, 9.17) is 4.74 Å². The highest BCUT2D eigenvalue weighted by Gasteiger charge is 2.31. The molecule has 3 rings (SSSR count). The van der Waals surface area contributed by atoms with Crippen molar-refractivity contribution in [3.05, 3.63) is 36.2 Å². The second kappa shape index (κ2) is 7.47. The average Bonchev–Trinajstić information content (AvgIpc) is 3.04. The third-order valence-corrected chi connectivity index (χ3v) is 5.04. The Morgan fingerprint density at radius 1 is 1.36 bits per heavy atom. The van der Waals surface area contributed by atoms with E-state index in [9.17, 15) is 4.79 Å². The first kappa shape index (κ1) is 17.8. The number of carbonyl (C=O) groups excluding carboxylic acids is 1. The Morgan fingerprint density at radius 3 is 2.80 bits per heavy atom. The highest BCUT2D eigenvalue weighted by molar-refractivity contribution is 7.99. The van der Waals surface area contributed by atoms with Crippen LogP contribution in [0.1, 0.15) is 26.3 Å². The number of hydrogen-bond acceptors (Lipinski definition) is 5. The number of thioether (sulfide) groups is 1. The van der Waals surface area contributed by atoms with Gasteiger partial charge in [-0.15, -0.1) is 5.10 Å². The van der Waals surface area contributed by atoms with Crippen LogP contribution in [0.25, 0.3) is 0 Å². The minimum atomic E-state index is 0.0513. The summed E-state index contributed by atoms with van der Waals surface area (Å²) in [4.78, 5) is 18.0. The molecule has 1 aromatic heterocycles. The fourth-order valence-corrected chi connectivity index (χ4v) is 3.46. The van der Waals surface area contributed by atoms with Crippen molar-refractivity contribution in [1.29, 1.82) is 0 Å². The van der Waals surface area contributed by atoms with Gasteiger partial charge in [-0.2, -0.15) is 0 Å². The molecule has 1 aromatic carbocycles. The van der Waals surface area contributed by atoms with Gasteiger partial charge in [0.15, 0.2) is 0 Å². The fraction of sp³-hybridized carbons (Fsp3) is 0.500. The van der Waals surface area contributed by atoms with Crippen molar-refractivity contribution in [3.8, 4) is 5.75 Å². The zero-order chi connectivity index (χ0) is 17.9. The monoisotopic (exact) mass is 360 g/mol. The smallest absolute Gasteiger partial charge is 0.233 e. The number of hydrogen-bond donors (Lipinski definition) is 1. The van der Waals surface area contributed by atoms with E-state index in [1.807, 2.05) is 23.1 Å². The Labute approximate surface area is 152 Å². The minimum absolute atomic E-state index is 0.0513. The second-order valence-corrected chi connectivity index (χ2v) is 8.23. The fourth-order valence-electron chi connectivity index (χ4n) is 2.78. The second-order valence-electron chi connectivity index (χ2n) is 7.29. The quantitative estimate of drug-likeness (QED) is 0.802. The lowest BCUT2D eigenvalue weighted by atomic mass is 9.86. The van der Waals surface area contributed by atoms with Gasteiger partial charge in [0.2, 0.25) is 11.1 Å². The number of aromatic nitrogens is 3. The number of nitrogens with zero attached hydrogens (tertiary/aromatic N) is 3. The molecule has 1 fully saturated rings. The van der Waals surface area contributed by atoms with Gasteiger partial charge >= 0.3 is 0 Å². The molecule has 0 spiro atoms. The Kier molecular flexibility index (Phi) is 5.32. The third-order valence-electron chi connectivity index (χ3n) is 4.20. The number of para-hydroxylation sites is 1. The first-order valence-corrected chi connectivity index (χ1v) is 9.40. The van der Waals surface area contributed by atoms with Gasteiger partial charge in [-0.3, -0.25) is 9.89 Å². The number of rotatable bonds is 6. The molecule has 1 aliphatic heterocycles. The van der Waals surface area contributed by atoms with Crippen molar-refractivity contribution in [1.82, 2.24) is 20.1 Å². The lowest BCUT2D eigenvalue weighted by Crippen LogP contribution is -2.52. The lowest BCUT2D eigenvalue weighted by molar-refractivity contribution is -0.135. The molecule has 0 saturated carbocycles. The van der Waals surface area contributed by atoms with Gasteiger partial charge in [0.05, 0.1) is 12.4 Å². The van der Waals surface area contributed by atoms with Crippen LogP contribution in [0.2, 0.25) is 0 Å². The van der Waals surface area contributed by atoms with Crippen molar-refractivity contribution >= 4 is 17.7 Å². The van der Waals surface area contributed by atoms with Crippen molar-refractivity contribution in [3.63, 3.8) is 0 Å². The van der Waals surface area contributed by atoms with Crippen LogP contribution in [0.5, 0.6) is 5.75 Å². The van der Waals surface area contributed by atoms with Crippen LogP contribution >= 0.6 is 11.8 Å². The molecule has 1 amide bonds. The van der Waals surface area contributed by atoms with Crippen LogP contribution in [0.3, 0.4) is 0 Å². The molecular weight excluding hydrogens is 336 g/mol. The average molecular weight is 360 g/mol. The van der Waals surface area contributed by atoms with Gasteiger partial charge < -0.3 is 9.64 Å². The zero-order valence-corrected chi connectivity index (χ0v) is 15.7. The Hall–Kier alpha value is -2.02. The highest BCUT2D eigenvalue weighted by atomic mass is 32.2. The van der Waals surface area contributed by atoms with Crippen molar-refractivity contribution in [2.45, 2.75) is 31.3 Å². The van der Waals surface area contributed by atoms with E-state index < -0.39 is 0 Å². The predicted molar refractivity (Wildman–Crippen MR) is 97.8 cm³/mol. The molecule has 0 radical (unpaired) electrons. The summed E-state index contributed by atoms with van der Waals surface area (Å²) in [5.41, 5.74) is 1.26. The molecule has 0 aliphatic carbocycles. The molecular formula is C18H24N4O2S. The van der Waals surface area contributed by atoms with Gasteiger partial charge in [-0.25, -0.2) is 4.98 Å². The van der Waals surface area contributed by atoms with Crippen LogP contribution in [0.15, 0.2) is 35.7 Å². The van der Waals surface area contributed by atoms with Crippen LogP contribution in [0.4, 0.5) is 0 Å². The lowest BCUT2D eigenvalue weighted by Gasteiger charge is -2.39. The summed E-state index contributed by atoms with van der Waals surface area (Å²) in [7, 11) is 0. The van der Waals surface area contributed by atoms with E-state index in [0.29, 0.717) is 23.4 Å². The molecule has 134 valence electrons. The maximum atomic E-state index is 12.1. The number of aromatic amines is 1. The van der Waals surface area contributed by atoms with Crippen molar-refractivity contribution in [2.24, 2.45) is 5.92 Å². The van der Waals surface area contributed by atoms with Crippen molar-refractivity contribution < 1.29 is 9.53 Å². The topological polar surface area (TPSA) is 71.1 Å². The number of amides is 1. The maximum absolute atomic E-state index is 12.1. The maximum Gasteiger partial charge on any atom is 0.233 e. The number of H-pyrrole nitrogens is 1. The summed E-state index contributed by atoms with van der Waals surface area (Å²) in [6.45, 7) is 8.71. The van der Waals surface area contributed by atoms with Crippen LogP contribution in [-0.4, -0.2) is 51.4 Å². The largest absolute Gasteiger partial charge is 0.493 e. The standard InChI is InChI=1S/C18H24N4O2S/c1-18(2,3)14-6-4-5-7-15(14)24-10-13-8-22(9-13)16(23)11-25-17-19-12-20-21-17/h4-7,12-13H,8-11H2,1-3H3,(H,19,20,21). The van der Waals surface area contributed by atoms with Crippen LogP contribution in [-0.2, 0) is 10.2 Å². The SMILES string of the molecule is CC(C)(C)c1ccccc1OCC1CN(C(=O)CSc2nc[nH]n2)C1. The first-order chi connectivity index (χ1) is 11.9. The number of ether oxygens (including phenoxy) is 1. The molecule has 0 unspecified atom stereocenters. The van der Waals surface area contributed by atoms with Gasteiger partial charge in [0, 0.05) is 19.0 Å². The normalized spacial score (nSPS) is 15.1. The summed E-state index contributed by atoms with van der Waals surface area (Å²) < 4.78 is 6.05. The molecule has 0 bridgehead atoms. The van der Waals surface area contributed by atoms with Gasteiger partial charge in [0.25, 0.3) is 0 Å². The Morgan fingerprint density at radius 2 is 2.12 bits per heavy atom. The van der Waals surface area contributed by atoms with Gasteiger partial charge in [-0.1, -0.05) is 50.7 Å². The summed E-state index contributed by atoms with van der Waals surface area (Å²) >= 11 is 1.35. The summed E-state index contributed by atoms with van der Waals surface area (Å²) in [6.07, 6.45) is 1.51. The Bertz CT molecular complexity index is 706. The van der Waals surface area contributed by atoms with Crippen molar-refractivity contribution in [2.75, 3.05) is 25.4 Å². The Balaban J connectivity index is 1.43. The number of nitrogens with one attached hydrogen (secondary N) is 1. The van der Waals surface area contributed by atoms with Crippen LogP contribution < -0.4 is 4.74 Å². The number of likely N-dealkylation sites (tertiary alicyclic amines) is 1. The van der Waals surface area contributed by atoms with Gasteiger partial charge in [-0.05, 0) is 17.0 Å². The minimum Gasteiger partial charge on any atom is -0.493 e. The molecule has 7 heteroatoms. The van der Waals surface area contributed by atoms with E-state index in [0.717, 1.165) is 18.8 Å². The molecule has 6 nitrogen and oxygen atoms in total. The summed E-state index contributed by atoms with van der Waals surface area (Å²) in [6, 6.07) is 8.19. The molecule has 1 saturated heterocycles. The van der Waals surface area contributed by atoms with E-state index in [1.165, 1.54) is 23.7 Å². The van der Waals surface area contributed by atoms with Gasteiger partial charge in [0.1, 0.15) is 12.1 Å². The zero-order valence-electron chi connectivity index (χ0n) is 14.9. The molecule has 25 heavy (non-hydrogen) atoms. The first-order valence-electron chi connectivity index (χ1n) is 8.42. The number of carbonyl (C=O) groups is 1. The van der Waals surface area contributed by atoms with E-state index in [1.54, 1.807) is 0 Å². The van der Waals surface area contributed by atoms with E-state index in [2.05, 4.69) is 42.0 Å². The molecule has 2 heterocycles.